The van der Waals surface area contributed by atoms with E-state index in [4.69, 9.17) is 4.42 Å². The van der Waals surface area contributed by atoms with Crippen molar-refractivity contribution in [2.75, 3.05) is 0 Å². The molecule has 0 bridgehead atoms. The van der Waals surface area contributed by atoms with Crippen LogP contribution in [0, 0.1) is 13.8 Å². The first-order valence-electron chi connectivity index (χ1n) is 7.29. The molecule has 2 heterocycles. The van der Waals surface area contributed by atoms with Crippen LogP contribution in [0.4, 0.5) is 0 Å². The molecule has 3 rings (SSSR count). The molecule has 0 radical (unpaired) electrons. The Kier molecular flexibility index (Phi) is 3.71. The van der Waals surface area contributed by atoms with E-state index in [9.17, 15) is 4.79 Å². The molecular formula is C17H19N3O2. The molecule has 5 heteroatoms. The number of furan rings is 1. The largest absolute Gasteiger partial charge is 0.467 e. The van der Waals surface area contributed by atoms with Crippen molar-refractivity contribution in [1.82, 2.24) is 14.9 Å². The topological polar surface area (TPSA) is 60.1 Å². The molecule has 0 fully saturated rings. The summed E-state index contributed by atoms with van der Waals surface area (Å²) < 4.78 is 7.16. The van der Waals surface area contributed by atoms with Gasteiger partial charge >= 0.3 is 0 Å². The Bertz CT molecular complexity index is 803. The van der Waals surface area contributed by atoms with E-state index in [1.54, 1.807) is 12.6 Å². The molecular weight excluding hydrogens is 278 g/mol. The van der Waals surface area contributed by atoms with Crippen LogP contribution in [-0.4, -0.2) is 15.5 Å². The van der Waals surface area contributed by atoms with Crippen LogP contribution in [-0.2, 0) is 11.3 Å². The number of carbonyl (C=O) groups is 1. The normalized spacial score (nSPS) is 12.5. The minimum atomic E-state index is -0.152. The van der Waals surface area contributed by atoms with Crippen LogP contribution in [0.25, 0.3) is 11.0 Å². The predicted molar refractivity (Wildman–Crippen MR) is 84.5 cm³/mol. The number of carbonyl (C=O) groups excluding carboxylic acids is 1. The molecule has 1 N–H and O–H groups in total. The number of nitrogens with zero attached hydrogens (tertiary/aromatic N) is 2. The fraction of sp³-hybridized carbons (Fsp3) is 0.294. The highest BCUT2D eigenvalue weighted by molar-refractivity contribution is 5.81. The van der Waals surface area contributed by atoms with E-state index >= 15 is 0 Å². The Morgan fingerprint density at radius 3 is 2.86 bits per heavy atom. The molecule has 0 saturated carbocycles. The van der Waals surface area contributed by atoms with Gasteiger partial charge in [-0.3, -0.25) is 4.79 Å². The van der Waals surface area contributed by atoms with Gasteiger partial charge in [0.05, 0.1) is 29.7 Å². The fourth-order valence-corrected chi connectivity index (χ4v) is 2.49. The van der Waals surface area contributed by atoms with E-state index in [0.717, 1.165) is 16.8 Å². The molecule has 5 nitrogen and oxygen atoms in total. The van der Waals surface area contributed by atoms with Gasteiger partial charge in [0.1, 0.15) is 12.3 Å². The zero-order chi connectivity index (χ0) is 15.7. The summed E-state index contributed by atoms with van der Waals surface area (Å²) in [5.74, 6) is 0.678. The van der Waals surface area contributed by atoms with Gasteiger partial charge in [0.25, 0.3) is 0 Å². The minimum absolute atomic E-state index is 0.0681. The Morgan fingerprint density at radius 2 is 2.14 bits per heavy atom. The highest BCUT2D eigenvalue weighted by Gasteiger charge is 2.13. The highest BCUT2D eigenvalue weighted by atomic mass is 16.3. The number of rotatable bonds is 4. The molecule has 0 aliphatic carbocycles. The van der Waals surface area contributed by atoms with Gasteiger partial charge in [0.15, 0.2) is 0 Å². The summed E-state index contributed by atoms with van der Waals surface area (Å²) >= 11 is 0. The average molecular weight is 297 g/mol. The molecule has 2 aromatic heterocycles. The maximum atomic E-state index is 12.2. The summed E-state index contributed by atoms with van der Waals surface area (Å²) in [7, 11) is 0. The minimum Gasteiger partial charge on any atom is -0.467 e. The van der Waals surface area contributed by atoms with Crippen molar-refractivity contribution in [2.24, 2.45) is 0 Å². The van der Waals surface area contributed by atoms with E-state index < -0.39 is 0 Å². The quantitative estimate of drug-likeness (QED) is 0.805. The van der Waals surface area contributed by atoms with Gasteiger partial charge in [0.2, 0.25) is 5.91 Å². The van der Waals surface area contributed by atoms with Crippen molar-refractivity contribution < 1.29 is 9.21 Å². The lowest BCUT2D eigenvalue weighted by Crippen LogP contribution is -2.29. The van der Waals surface area contributed by atoms with Gasteiger partial charge in [-0.15, -0.1) is 0 Å². The SMILES string of the molecule is Cc1cc2ncn(CC(=O)N[C@@H](C)c3ccco3)c2cc1C. The molecule has 22 heavy (non-hydrogen) atoms. The molecule has 3 aromatic rings. The summed E-state index contributed by atoms with van der Waals surface area (Å²) in [6.07, 6.45) is 3.31. The lowest BCUT2D eigenvalue weighted by atomic mass is 10.1. The summed E-state index contributed by atoms with van der Waals surface area (Å²) in [6.45, 7) is 6.26. The Morgan fingerprint density at radius 1 is 1.36 bits per heavy atom. The summed E-state index contributed by atoms with van der Waals surface area (Å²) in [5.41, 5.74) is 4.28. The molecule has 0 aliphatic heterocycles. The van der Waals surface area contributed by atoms with Gasteiger partial charge in [-0.25, -0.2) is 4.98 Å². The monoisotopic (exact) mass is 297 g/mol. The Hall–Kier alpha value is -2.56. The zero-order valence-electron chi connectivity index (χ0n) is 13.0. The summed E-state index contributed by atoms with van der Waals surface area (Å²) in [4.78, 5) is 16.6. The number of benzene rings is 1. The average Bonchev–Trinajstić information content (AvgIpc) is 3.11. The third-order valence-corrected chi connectivity index (χ3v) is 3.90. The first-order chi connectivity index (χ1) is 10.5. The van der Waals surface area contributed by atoms with Crippen LogP contribution in [0.5, 0.6) is 0 Å². The highest BCUT2D eigenvalue weighted by Crippen LogP contribution is 2.18. The second kappa shape index (κ2) is 5.67. The van der Waals surface area contributed by atoms with Gasteiger partial charge in [-0.1, -0.05) is 0 Å². The van der Waals surface area contributed by atoms with Crippen LogP contribution in [0.1, 0.15) is 29.9 Å². The first kappa shape index (κ1) is 14.4. The van der Waals surface area contributed by atoms with E-state index in [0.29, 0.717) is 0 Å². The number of imidazole rings is 1. The Balaban J connectivity index is 1.75. The van der Waals surface area contributed by atoms with Gasteiger partial charge < -0.3 is 14.3 Å². The van der Waals surface area contributed by atoms with Gasteiger partial charge in [0, 0.05) is 0 Å². The second-order valence-electron chi connectivity index (χ2n) is 5.60. The molecule has 1 atom stereocenters. The summed E-state index contributed by atoms with van der Waals surface area (Å²) in [6, 6.07) is 7.63. The predicted octanol–water partition coefficient (Wildman–Crippen LogP) is 3.12. The van der Waals surface area contributed by atoms with Crippen molar-refractivity contribution in [3.8, 4) is 0 Å². The van der Waals surface area contributed by atoms with Crippen LogP contribution in [0.2, 0.25) is 0 Å². The van der Waals surface area contributed by atoms with Crippen LogP contribution >= 0.6 is 0 Å². The molecule has 114 valence electrons. The number of hydrogen-bond donors (Lipinski definition) is 1. The van der Waals surface area contributed by atoms with Crippen LogP contribution in [0.3, 0.4) is 0 Å². The van der Waals surface area contributed by atoms with Crippen LogP contribution in [0.15, 0.2) is 41.3 Å². The lowest BCUT2D eigenvalue weighted by molar-refractivity contribution is -0.122. The number of aryl methyl sites for hydroxylation is 2. The van der Waals surface area contributed by atoms with E-state index in [2.05, 4.69) is 30.2 Å². The standard InChI is InChI=1S/C17H19N3O2/c1-11-7-14-15(8-12(11)2)20(10-18-14)9-17(21)19-13(3)16-5-4-6-22-16/h4-8,10,13H,9H2,1-3H3,(H,19,21)/t13-/m0/s1. The molecule has 0 aliphatic rings. The maximum Gasteiger partial charge on any atom is 0.240 e. The van der Waals surface area contributed by atoms with Crippen molar-refractivity contribution >= 4 is 16.9 Å². The van der Waals surface area contributed by atoms with Gasteiger partial charge in [-0.2, -0.15) is 0 Å². The van der Waals surface area contributed by atoms with E-state index in [-0.39, 0.29) is 18.5 Å². The number of aromatic nitrogens is 2. The van der Waals surface area contributed by atoms with E-state index in [1.807, 2.05) is 29.7 Å². The number of fused-ring (bicyclic) bond motifs is 1. The Labute approximate surface area is 129 Å². The molecule has 0 saturated heterocycles. The van der Waals surface area contributed by atoms with Gasteiger partial charge in [-0.05, 0) is 56.2 Å². The molecule has 1 amide bonds. The van der Waals surface area contributed by atoms with Crippen molar-refractivity contribution in [2.45, 2.75) is 33.4 Å². The van der Waals surface area contributed by atoms with E-state index in [1.165, 1.54) is 11.1 Å². The van der Waals surface area contributed by atoms with Crippen LogP contribution < -0.4 is 5.32 Å². The summed E-state index contributed by atoms with van der Waals surface area (Å²) in [5, 5.41) is 2.93. The van der Waals surface area contributed by atoms with Crippen molar-refractivity contribution in [3.05, 3.63) is 53.7 Å². The molecule has 1 aromatic carbocycles. The van der Waals surface area contributed by atoms with Crippen molar-refractivity contribution in [3.63, 3.8) is 0 Å². The smallest absolute Gasteiger partial charge is 0.240 e. The fourth-order valence-electron chi connectivity index (χ4n) is 2.49. The lowest BCUT2D eigenvalue weighted by Gasteiger charge is -2.12. The number of amides is 1. The van der Waals surface area contributed by atoms with Crippen molar-refractivity contribution in [1.29, 1.82) is 0 Å². The maximum absolute atomic E-state index is 12.2. The third kappa shape index (κ3) is 2.74. The second-order valence-corrected chi connectivity index (χ2v) is 5.60. The first-order valence-corrected chi connectivity index (χ1v) is 7.29. The number of hydrogen-bond acceptors (Lipinski definition) is 3. The third-order valence-electron chi connectivity index (χ3n) is 3.90. The zero-order valence-corrected chi connectivity index (χ0v) is 13.0. The number of nitrogens with one attached hydrogen (secondary N) is 1. The molecule has 0 spiro atoms. The molecule has 0 unspecified atom stereocenters.